The van der Waals surface area contributed by atoms with Gasteiger partial charge in [0, 0.05) is 0 Å². The van der Waals surface area contributed by atoms with Gasteiger partial charge in [-0.25, -0.2) is 13.8 Å². The second kappa shape index (κ2) is 10.4. The predicted molar refractivity (Wildman–Crippen MR) is 133 cm³/mol. The van der Waals surface area contributed by atoms with Gasteiger partial charge in [0.1, 0.15) is 6.54 Å². The Hall–Kier alpha value is -3.45. The molecule has 0 bridgehead atoms. The molecule has 6 nitrogen and oxygen atoms in total. The average molecular weight is 464 g/mol. The van der Waals surface area contributed by atoms with Crippen molar-refractivity contribution in [1.82, 2.24) is 5.43 Å². The largest absolute Gasteiger partial charge is 0.271 e. The third-order valence-corrected chi connectivity index (χ3v) is 7.07. The SMILES string of the molecule is C/C(=N/NC(=O)CN(c1ccc(C(C)C)cc1)S(=O)(=O)c1ccccc1)c1ccc(C)cc1. The van der Waals surface area contributed by atoms with Crippen LogP contribution in [0, 0.1) is 6.92 Å². The first kappa shape index (κ1) is 24.2. The van der Waals surface area contributed by atoms with Gasteiger partial charge in [-0.15, -0.1) is 0 Å². The van der Waals surface area contributed by atoms with E-state index in [4.69, 9.17) is 0 Å². The van der Waals surface area contributed by atoms with E-state index >= 15 is 0 Å². The second-order valence-electron chi connectivity index (χ2n) is 8.17. The van der Waals surface area contributed by atoms with Crippen molar-refractivity contribution in [3.8, 4) is 0 Å². The van der Waals surface area contributed by atoms with E-state index in [1.54, 1.807) is 37.3 Å². The third-order valence-electron chi connectivity index (χ3n) is 5.28. The van der Waals surface area contributed by atoms with Crippen LogP contribution in [-0.2, 0) is 14.8 Å². The van der Waals surface area contributed by atoms with Crippen LogP contribution in [0.4, 0.5) is 5.69 Å². The van der Waals surface area contributed by atoms with Crippen molar-refractivity contribution in [3.63, 3.8) is 0 Å². The Kier molecular flexibility index (Phi) is 7.66. The molecule has 1 amide bonds. The van der Waals surface area contributed by atoms with Gasteiger partial charge in [-0.3, -0.25) is 9.10 Å². The number of hydrogen-bond acceptors (Lipinski definition) is 4. The van der Waals surface area contributed by atoms with Gasteiger partial charge in [-0.2, -0.15) is 5.10 Å². The Morgan fingerprint density at radius 1 is 0.939 bits per heavy atom. The molecule has 0 aliphatic heterocycles. The lowest BCUT2D eigenvalue weighted by Gasteiger charge is -2.24. The fraction of sp³-hybridized carbons (Fsp3) is 0.231. The summed E-state index contributed by atoms with van der Waals surface area (Å²) in [4.78, 5) is 12.9. The van der Waals surface area contributed by atoms with Crippen molar-refractivity contribution in [1.29, 1.82) is 0 Å². The number of carbonyl (C=O) groups is 1. The number of rotatable bonds is 8. The number of aryl methyl sites for hydroxylation is 1. The molecule has 0 unspecified atom stereocenters. The average Bonchev–Trinajstić information content (AvgIpc) is 2.82. The molecule has 0 fully saturated rings. The Balaban J connectivity index is 1.87. The van der Waals surface area contributed by atoms with Crippen molar-refractivity contribution in [2.45, 2.75) is 38.5 Å². The zero-order valence-corrected chi connectivity index (χ0v) is 20.1. The fourth-order valence-electron chi connectivity index (χ4n) is 3.23. The second-order valence-corrected chi connectivity index (χ2v) is 10.0. The molecular weight excluding hydrogens is 434 g/mol. The van der Waals surface area contributed by atoms with Crippen molar-refractivity contribution in [3.05, 3.63) is 95.6 Å². The minimum absolute atomic E-state index is 0.116. The zero-order valence-electron chi connectivity index (χ0n) is 19.3. The molecule has 3 rings (SSSR count). The number of anilines is 1. The molecule has 33 heavy (non-hydrogen) atoms. The molecule has 3 aromatic carbocycles. The van der Waals surface area contributed by atoms with Crippen LogP contribution >= 0.6 is 0 Å². The molecule has 0 saturated heterocycles. The van der Waals surface area contributed by atoms with Crippen LogP contribution in [0.5, 0.6) is 0 Å². The van der Waals surface area contributed by atoms with Gasteiger partial charge < -0.3 is 0 Å². The van der Waals surface area contributed by atoms with Gasteiger partial charge in [0.2, 0.25) is 0 Å². The molecule has 3 aromatic rings. The van der Waals surface area contributed by atoms with E-state index in [9.17, 15) is 13.2 Å². The van der Waals surface area contributed by atoms with E-state index in [1.807, 2.05) is 43.3 Å². The van der Waals surface area contributed by atoms with Crippen LogP contribution in [0.25, 0.3) is 0 Å². The quantitative estimate of drug-likeness (QED) is 0.383. The van der Waals surface area contributed by atoms with Crippen molar-refractivity contribution >= 4 is 27.3 Å². The van der Waals surface area contributed by atoms with E-state index in [-0.39, 0.29) is 4.90 Å². The molecule has 0 saturated carbocycles. The maximum Gasteiger partial charge on any atom is 0.264 e. The summed E-state index contributed by atoms with van der Waals surface area (Å²) in [5, 5.41) is 4.16. The summed E-state index contributed by atoms with van der Waals surface area (Å²) in [6.07, 6.45) is 0. The lowest BCUT2D eigenvalue weighted by Crippen LogP contribution is -2.39. The highest BCUT2D eigenvalue weighted by atomic mass is 32.2. The first-order valence-corrected chi connectivity index (χ1v) is 12.2. The zero-order chi connectivity index (χ0) is 24.0. The van der Waals surface area contributed by atoms with Crippen molar-refractivity contribution < 1.29 is 13.2 Å². The van der Waals surface area contributed by atoms with Crippen LogP contribution in [0.1, 0.15) is 43.4 Å². The van der Waals surface area contributed by atoms with Crippen LogP contribution in [0.2, 0.25) is 0 Å². The maximum absolute atomic E-state index is 13.4. The van der Waals surface area contributed by atoms with E-state index in [0.29, 0.717) is 17.3 Å². The van der Waals surface area contributed by atoms with E-state index in [0.717, 1.165) is 21.0 Å². The van der Waals surface area contributed by atoms with Crippen LogP contribution in [0.15, 0.2) is 88.9 Å². The highest BCUT2D eigenvalue weighted by Crippen LogP contribution is 2.25. The Labute approximate surface area is 196 Å². The van der Waals surface area contributed by atoms with E-state index in [2.05, 4.69) is 24.4 Å². The maximum atomic E-state index is 13.4. The number of hydrogen-bond donors (Lipinski definition) is 1. The summed E-state index contributed by atoms with van der Waals surface area (Å²) in [6, 6.07) is 23.1. The molecule has 7 heteroatoms. The van der Waals surface area contributed by atoms with Gasteiger partial charge in [-0.1, -0.05) is 74.0 Å². The van der Waals surface area contributed by atoms with Gasteiger partial charge in [0.15, 0.2) is 0 Å². The molecule has 172 valence electrons. The number of hydrazone groups is 1. The van der Waals surface area contributed by atoms with Gasteiger partial charge in [0.25, 0.3) is 15.9 Å². The number of sulfonamides is 1. The summed E-state index contributed by atoms with van der Waals surface area (Å²) in [5.41, 5.74) is 6.62. The molecule has 0 aliphatic carbocycles. The third kappa shape index (κ3) is 6.08. The van der Waals surface area contributed by atoms with Crippen LogP contribution in [-0.4, -0.2) is 26.6 Å². The smallest absolute Gasteiger partial charge is 0.264 e. The van der Waals surface area contributed by atoms with Crippen molar-refractivity contribution in [2.75, 3.05) is 10.8 Å². The van der Waals surface area contributed by atoms with Crippen LogP contribution in [0.3, 0.4) is 0 Å². The summed E-state index contributed by atoms with van der Waals surface area (Å²) in [5.74, 6) is -0.227. The molecular formula is C26H29N3O3S. The van der Waals surface area contributed by atoms with Crippen molar-refractivity contribution in [2.24, 2.45) is 5.10 Å². The summed E-state index contributed by atoms with van der Waals surface area (Å²) >= 11 is 0. The summed E-state index contributed by atoms with van der Waals surface area (Å²) in [7, 11) is -3.95. The highest BCUT2D eigenvalue weighted by Gasteiger charge is 2.27. The fourth-order valence-corrected chi connectivity index (χ4v) is 4.67. The lowest BCUT2D eigenvalue weighted by molar-refractivity contribution is -0.119. The van der Waals surface area contributed by atoms with Gasteiger partial charge >= 0.3 is 0 Å². The monoisotopic (exact) mass is 463 g/mol. The minimum atomic E-state index is -3.95. The summed E-state index contributed by atoms with van der Waals surface area (Å²) < 4.78 is 27.9. The predicted octanol–water partition coefficient (Wildman–Crippen LogP) is 4.85. The Morgan fingerprint density at radius 3 is 2.12 bits per heavy atom. The number of benzene rings is 3. The molecule has 0 spiro atoms. The number of nitrogens with zero attached hydrogens (tertiary/aromatic N) is 2. The van der Waals surface area contributed by atoms with Crippen LogP contribution < -0.4 is 9.73 Å². The van der Waals surface area contributed by atoms with E-state index < -0.39 is 22.5 Å². The first-order valence-electron chi connectivity index (χ1n) is 10.8. The number of nitrogens with one attached hydrogen (secondary N) is 1. The first-order chi connectivity index (χ1) is 15.7. The lowest BCUT2D eigenvalue weighted by atomic mass is 10.0. The molecule has 0 heterocycles. The van der Waals surface area contributed by atoms with Gasteiger partial charge in [-0.05, 0) is 55.2 Å². The minimum Gasteiger partial charge on any atom is -0.271 e. The molecule has 0 aliphatic rings. The topological polar surface area (TPSA) is 78.8 Å². The van der Waals surface area contributed by atoms with Gasteiger partial charge in [0.05, 0.1) is 16.3 Å². The Morgan fingerprint density at radius 2 is 1.55 bits per heavy atom. The molecule has 0 atom stereocenters. The number of carbonyl (C=O) groups excluding carboxylic acids is 1. The molecule has 1 N–H and O–H groups in total. The highest BCUT2D eigenvalue weighted by molar-refractivity contribution is 7.92. The standard InChI is InChI=1S/C26H29N3O3S/c1-19(2)22-14-16-24(17-15-22)29(33(31,32)25-8-6-5-7-9-25)18-26(30)28-27-21(4)23-12-10-20(3)11-13-23/h5-17,19H,18H2,1-4H3,(H,28,30)/b27-21-. The number of amides is 1. The normalized spacial score (nSPS) is 12.0. The molecule has 0 aromatic heterocycles. The summed E-state index contributed by atoms with van der Waals surface area (Å²) in [6.45, 7) is 7.51. The van der Waals surface area contributed by atoms with E-state index in [1.165, 1.54) is 12.1 Å². The molecule has 0 radical (unpaired) electrons. The Bertz CT molecular complexity index is 1220.